The highest BCUT2D eigenvalue weighted by Gasteiger charge is 2.90. The average molecular weight is 442 g/mol. The van der Waals surface area contributed by atoms with Crippen molar-refractivity contribution in [2.75, 3.05) is 6.61 Å². The molecular formula is C8H4F13O4P-2. The Labute approximate surface area is 134 Å². The molecule has 0 saturated heterocycles. The molecule has 0 atom stereocenters. The molecule has 0 N–H and O–H groups in total. The van der Waals surface area contributed by atoms with Gasteiger partial charge in [0.05, 0.1) is 14.4 Å². The Morgan fingerprint density at radius 2 is 1.00 bits per heavy atom. The van der Waals surface area contributed by atoms with Crippen LogP contribution in [0.5, 0.6) is 0 Å². The fraction of sp³-hybridized carbons (Fsp3) is 1.00. The minimum atomic E-state index is -8.04. The van der Waals surface area contributed by atoms with Crippen molar-refractivity contribution in [2.45, 2.75) is 42.2 Å². The first kappa shape index (κ1) is 25.2. The lowest BCUT2D eigenvalue weighted by molar-refractivity contribution is -0.440. The van der Waals surface area contributed by atoms with Gasteiger partial charge in [0.25, 0.3) is 0 Å². The second-order valence-electron chi connectivity index (χ2n) is 4.53. The molecule has 0 aliphatic rings. The van der Waals surface area contributed by atoms with E-state index in [1.54, 1.807) is 0 Å². The van der Waals surface area contributed by atoms with E-state index in [1.165, 1.54) is 0 Å². The molecule has 0 bridgehead atoms. The van der Waals surface area contributed by atoms with Crippen molar-refractivity contribution in [2.24, 2.45) is 0 Å². The number of hydrogen-bond donors (Lipinski definition) is 0. The van der Waals surface area contributed by atoms with Crippen LogP contribution in [0.3, 0.4) is 0 Å². The van der Waals surface area contributed by atoms with Crippen molar-refractivity contribution in [3.8, 4) is 0 Å². The third-order valence-corrected chi connectivity index (χ3v) is 3.16. The van der Waals surface area contributed by atoms with Crippen LogP contribution in [0.25, 0.3) is 0 Å². The van der Waals surface area contributed by atoms with Gasteiger partial charge in [0.1, 0.15) is 0 Å². The van der Waals surface area contributed by atoms with Gasteiger partial charge in [-0.05, 0) is 0 Å². The Morgan fingerprint density at radius 3 is 1.31 bits per heavy atom. The number of hydrogen-bond acceptors (Lipinski definition) is 4. The van der Waals surface area contributed by atoms with Crippen molar-refractivity contribution < 1.29 is 76.0 Å². The highest BCUT2D eigenvalue weighted by molar-refractivity contribution is 7.43. The maximum atomic E-state index is 13.1. The Bertz CT molecular complexity index is 551. The van der Waals surface area contributed by atoms with Crippen molar-refractivity contribution in [3.63, 3.8) is 0 Å². The second-order valence-corrected chi connectivity index (χ2v) is 5.68. The zero-order valence-electron chi connectivity index (χ0n) is 11.4. The lowest BCUT2D eigenvalue weighted by Gasteiger charge is -2.40. The summed E-state index contributed by atoms with van der Waals surface area (Å²) in [6, 6.07) is 0. The molecule has 0 saturated carbocycles. The molecule has 0 aromatic rings. The van der Waals surface area contributed by atoms with E-state index in [2.05, 4.69) is 4.52 Å². The van der Waals surface area contributed by atoms with Crippen molar-refractivity contribution in [1.29, 1.82) is 0 Å². The minimum absolute atomic E-state index is 2.29. The summed E-state index contributed by atoms with van der Waals surface area (Å²) in [4.78, 5) is 19.8. The predicted molar refractivity (Wildman–Crippen MR) is 49.0 cm³/mol. The Hall–Kier alpha value is -0.800. The fourth-order valence-electron chi connectivity index (χ4n) is 1.24. The molecule has 0 radical (unpaired) electrons. The third kappa shape index (κ3) is 4.20. The van der Waals surface area contributed by atoms with Crippen LogP contribution in [0.1, 0.15) is 6.42 Å². The van der Waals surface area contributed by atoms with Crippen LogP contribution in [-0.4, -0.2) is 42.4 Å². The van der Waals surface area contributed by atoms with Crippen LogP contribution in [0.2, 0.25) is 0 Å². The molecule has 0 aliphatic heterocycles. The molecule has 4 nitrogen and oxygen atoms in total. The minimum Gasteiger partial charge on any atom is -0.790 e. The van der Waals surface area contributed by atoms with E-state index < -0.39 is 56.6 Å². The van der Waals surface area contributed by atoms with Gasteiger partial charge in [0.2, 0.25) is 0 Å². The first-order valence-corrected chi connectivity index (χ1v) is 7.04. The summed E-state index contributed by atoms with van der Waals surface area (Å²) in [5.41, 5.74) is 0. The molecule has 0 unspecified atom stereocenters. The summed E-state index contributed by atoms with van der Waals surface area (Å²) in [6.07, 6.45) is -10.4. The number of phosphoric ester groups is 1. The molecule has 158 valence electrons. The predicted octanol–water partition coefficient (Wildman–Crippen LogP) is 2.96. The van der Waals surface area contributed by atoms with E-state index in [1.807, 2.05) is 0 Å². The van der Waals surface area contributed by atoms with Gasteiger partial charge in [-0.25, -0.2) is 0 Å². The van der Waals surface area contributed by atoms with Gasteiger partial charge in [0, 0.05) is 6.42 Å². The van der Waals surface area contributed by atoms with Crippen LogP contribution in [0.4, 0.5) is 57.1 Å². The van der Waals surface area contributed by atoms with Gasteiger partial charge in [-0.2, -0.15) is 57.1 Å². The topological polar surface area (TPSA) is 72.4 Å². The van der Waals surface area contributed by atoms with E-state index in [4.69, 9.17) is 0 Å². The second kappa shape index (κ2) is 6.67. The molecule has 0 amide bonds. The fourth-order valence-corrected chi connectivity index (χ4v) is 1.56. The molecule has 0 heterocycles. The summed E-state index contributed by atoms with van der Waals surface area (Å²) in [5, 5.41) is 0. The molecule has 18 heteroatoms. The van der Waals surface area contributed by atoms with Crippen LogP contribution in [0, 0.1) is 0 Å². The summed E-state index contributed by atoms with van der Waals surface area (Å²) in [6.45, 7) is -2.29. The molecule has 0 rings (SSSR count). The van der Waals surface area contributed by atoms with Crippen molar-refractivity contribution in [3.05, 3.63) is 0 Å². The van der Waals surface area contributed by atoms with Crippen molar-refractivity contribution >= 4 is 7.82 Å². The van der Waals surface area contributed by atoms with E-state index in [0.29, 0.717) is 0 Å². The first-order valence-electron chi connectivity index (χ1n) is 5.58. The van der Waals surface area contributed by atoms with Gasteiger partial charge < -0.3 is 18.9 Å². The van der Waals surface area contributed by atoms with Crippen molar-refractivity contribution in [1.82, 2.24) is 0 Å². The Balaban J connectivity index is 5.89. The lowest BCUT2D eigenvalue weighted by Crippen LogP contribution is -2.70. The average Bonchev–Trinajstić information content (AvgIpc) is 2.34. The standard InChI is InChI=1S/C8H6F13O4P/c9-3(10,1-2-25-26(22,23)24)4(11,12)5(13,14)6(15,16)7(17,18)8(19,20)21/h1-2H2,(H2,22,23,24)/p-2. The number of phosphoric acid groups is 1. The molecule has 0 aromatic heterocycles. The van der Waals surface area contributed by atoms with Gasteiger partial charge in [-0.1, -0.05) is 0 Å². The molecule has 0 aromatic carbocycles. The van der Waals surface area contributed by atoms with E-state index in [0.717, 1.165) is 0 Å². The Kier molecular flexibility index (Phi) is 6.46. The van der Waals surface area contributed by atoms with E-state index in [9.17, 15) is 71.4 Å². The number of rotatable bonds is 8. The molecule has 26 heavy (non-hydrogen) atoms. The van der Waals surface area contributed by atoms with Crippen LogP contribution in [-0.2, 0) is 9.09 Å². The largest absolute Gasteiger partial charge is 0.790 e. The summed E-state index contributed by atoms with van der Waals surface area (Å²) >= 11 is 0. The monoisotopic (exact) mass is 442 g/mol. The van der Waals surface area contributed by atoms with Gasteiger partial charge in [-0.3, -0.25) is 0 Å². The summed E-state index contributed by atoms with van der Waals surface area (Å²) in [5.74, 6) is -37.9. The van der Waals surface area contributed by atoms with Gasteiger partial charge in [0.15, 0.2) is 0 Å². The smallest absolute Gasteiger partial charge is 0.460 e. The zero-order chi connectivity index (χ0) is 21.6. The number of alkyl halides is 13. The maximum absolute atomic E-state index is 13.1. The van der Waals surface area contributed by atoms with Crippen LogP contribution in [0.15, 0.2) is 0 Å². The molecular weight excluding hydrogens is 438 g/mol. The maximum Gasteiger partial charge on any atom is 0.460 e. The summed E-state index contributed by atoms with van der Waals surface area (Å²) in [7, 11) is -6.11. The van der Waals surface area contributed by atoms with Gasteiger partial charge >= 0.3 is 35.8 Å². The van der Waals surface area contributed by atoms with Gasteiger partial charge in [-0.15, -0.1) is 0 Å². The van der Waals surface area contributed by atoms with Crippen LogP contribution >= 0.6 is 7.82 Å². The highest BCUT2D eigenvalue weighted by atomic mass is 31.2. The number of halogens is 13. The quantitative estimate of drug-likeness (QED) is 0.428. The third-order valence-electron chi connectivity index (χ3n) is 2.66. The van der Waals surface area contributed by atoms with E-state index >= 15 is 0 Å². The lowest BCUT2D eigenvalue weighted by atomic mass is 9.93. The first-order chi connectivity index (χ1) is 11.0. The summed E-state index contributed by atoms with van der Waals surface area (Å²) < 4.78 is 177. The van der Waals surface area contributed by atoms with E-state index in [-0.39, 0.29) is 0 Å². The normalized spacial score (nSPS) is 16.1. The molecule has 0 aliphatic carbocycles. The van der Waals surface area contributed by atoms with Crippen LogP contribution < -0.4 is 9.79 Å². The molecule has 0 spiro atoms. The zero-order valence-corrected chi connectivity index (χ0v) is 12.3. The molecule has 0 fully saturated rings. The highest BCUT2D eigenvalue weighted by Crippen LogP contribution is 2.60. The SMILES string of the molecule is O=P([O-])([O-])OCCC(F)(F)C(F)(F)C(F)(F)C(F)(F)C(F)(F)C(F)(F)F. The Morgan fingerprint density at radius 1 is 0.654 bits per heavy atom.